The Bertz CT molecular complexity index is 1400. The fraction of sp³-hybridized carbons (Fsp3) is 0.240. The minimum absolute atomic E-state index is 0.209. The predicted molar refractivity (Wildman–Crippen MR) is 126 cm³/mol. The minimum atomic E-state index is -0.751. The number of benzene rings is 2. The molecular weight excluding hydrogens is 440 g/mol. The number of rotatable bonds is 6. The van der Waals surface area contributed by atoms with Crippen LogP contribution in [0.1, 0.15) is 31.0 Å². The Morgan fingerprint density at radius 1 is 1.15 bits per heavy atom. The van der Waals surface area contributed by atoms with Crippen LogP contribution in [0.15, 0.2) is 69.6 Å². The van der Waals surface area contributed by atoms with Gasteiger partial charge in [-0.05, 0) is 37.6 Å². The third-order valence-corrected chi connectivity index (χ3v) is 6.33. The average Bonchev–Trinajstić information content (AvgIpc) is 3.12. The summed E-state index contributed by atoms with van der Waals surface area (Å²) < 4.78 is 18.3. The zero-order valence-electron chi connectivity index (χ0n) is 18.8. The number of thiazole rings is 1. The van der Waals surface area contributed by atoms with Gasteiger partial charge < -0.3 is 14.2 Å². The van der Waals surface area contributed by atoms with Crippen LogP contribution in [0.25, 0.3) is 6.08 Å². The molecule has 2 aromatic carbocycles. The molecule has 0 saturated carbocycles. The van der Waals surface area contributed by atoms with E-state index in [1.54, 1.807) is 43.7 Å². The summed E-state index contributed by atoms with van der Waals surface area (Å²) in [6.45, 7) is 3.70. The zero-order chi connectivity index (χ0) is 23.5. The number of allylic oxidation sites excluding steroid dienone is 1. The summed E-state index contributed by atoms with van der Waals surface area (Å²) in [4.78, 5) is 31.7. The van der Waals surface area contributed by atoms with E-state index in [4.69, 9.17) is 14.2 Å². The van der Waals surface area contributed by atoms with Crippen molar-refractivity contribution in [2.24, 2.45) is 4.99 Å². The van der Waals surface area contributed by atoms with Crippen LogP contribution in [0.4, 0.5) is 0 Å². The number of hydrogen-bond acceptors (Lipinski definition) is 7. The molecule has 2 heterocycles. The Balaban J connectivity index is 2.00. The maximum Gasteiger partial charge on any atom is 0.338 e. The lowest BCUT2D eigenvalue weighted by Crippen LogP contribution is -2.40. The number of aromatic nitrogens is 1. The lowest BCUT2D eigenvalue weighted by atomic mass is 9.95. The van der Waals surface area contributed by atoms with Gasteiger partial charge in [0.15, 0.2) is 4.80 Å². The van der Waals surface area contributed by atoms with E-state index in [0.717, 1.165) is 5.56 Å². The summed E-state index contributed by atoms with van der Waals surface area (Å²) in [5, 5.41) is 0. The van der Waals surface area contributed by atoms with Gasteiger partial charge in [0.2, 0.25) is 0 Å². The number of nitrogens with zero attached hydrogens (tertiary/aromatic N) is 2. The molecule has 1 unspecified atom stereocenters. The molecule has 1 aliphatic rings. The molecule has 0 saturated heterocycles. The normalized spacial score (nSPS) is 15.6. The van der Waals surface area contributed by atoms with Crippen molar-refractivity contribution in [3.8, 4) is 11.5 Å². The van der Waals surface area contributed by atoms with Gasteiger partial charge in [0.05, 0.1) is 36.6 Å². The van der Waals surface area contributed by atoms with Crippen molar-refractivity contribution in [1.82, 2.24) is 4.57 Å². The molecule has 170 valence electrons. The molecule has 7 nitrogen and oxygen atoms in total. The molecule has 0 amide bonds. The summed E-state index contributed by atoms with van der Waals surface area (Å²) in [5.74, 6) is 0.581. The third-order valence-electron chi connectivity index (χ3n) is 5.35. The molecule has 33 heavy (non-hydrogen) atoms. The van der Waals surface area contributed by atoms with E-state index in [9.17, 15) is 9.59 Å². The van der Waals surface area contributed by atoms with Crippen molar-refractivity contribution < 1.29 is 19.0 Å². The first-order valence-electron chi connectivity index (χ1n) is 10.4. The van der Waals surface area contributed by atoms with Crippen molar-refractivity contribution in [2.45, 2.75) is 19.9 Å². The van der Waals surface area contributed by atoms with Crippen molar-refractivity contribution in [1.29, 1.82) is 0 Å². The Morgan fingerprint density at radius 2 is 1.91 bits per heavy atom. The van der Waals surface area contributed by atoms with E-state index in [-0.39, 0.29) is 12.2 Å². The summed E-state index contributed by atoms with van der Waals surface area (Å²) in [7, 11) is 3.10. The molecule has 4 rings (SSSR count). The third kappa shape index (κ3) is 4.21. The summed E-state index contributed by atoms with van der Waals surface area (Å²) in [6, 6.07) is 14.2. The zero-order valence-corrected chi connectivity index (χ0v) is 19.6. The van der Waals surface area contributed by atoms with Crippen molar-refractivity contribution in [3.63, 3.8) is 0 Å². The Labute approximate surface area is 194 Å². The summed E-state index contributed by atoms with van der Waals surface area (Å²) in [6.07, 6.45) is 1.83. The van der Waals surface area contributed by atoms with Crippen molar-refractivity contribution >= 4 is 23.4 Å². The van der Waals surface area contributed by atoms with Gasteiger partial charge in [-0.15, -0.1) is 0 Å². The highest BCUT2D eigenvalue weighted by atomic mass is 32.1. The molecule has 0 N–H and O–H groups in total. The van der Waals surface area contributed by atoms with Crippen LogP contribution in [0, 0.1) is 0 Å². The van der Waals surface area contributed by atoms with E-state index in [0.29, 0.717) is 37.7 Å². The number of esters is 1. The second-order valence-corrected chi connectivity index (χ2v) is 8.33. The maximum absolute atomic E-state index is 13.6. The highest BCUT2D eigenvalue weighted by Crippen LogP contribution is 2.37. The number of fused-ring (bicyclic) bond motifs is 1. The number of methoxy groups -OCH3 is 2. The quantitative estimate of drug-likeness (QED) is 0.524. The van der Waals surface area contributed by atoms with Crippen molar-refractivity contribution in [2.75, 3.05) is 20.8 Å². The fourth-order valence-corrected chi connectivity index (χ4v) is 4.88. The predicted octanol–water partition coefficient (Wildman–Crippen LogP) is 2.82. The van der Waals surface area contributed by atoms with Crippen LogP contribution >= 0.6 is 11.3 Å². The molecule has 0 fully saturated rings. The second kappa shape index (κ2) is 9.46. The first kappa shape index (κ1) is 22.5. The Kier molecular flexibility index (Phi) is 6.46. The van der Waals surface area contributed by atoms with Crippen molar-refractivity contribution in [3.05, 3.63) is 90.6 Å². The van der Waals surface area contributed by atoms with Crippen LogP contribution in [0.2, 0.25) is 0 Å². The summed E-state index contributed by atoms with van der Waals surface area (Å²) >= 11 is 1.28. The maximum atomic E-state index is 13.6. The smallest absolute Gasteiger partial charge is 0.338 e. The van der Waals surface area contributed by atoms with Gasteiger partial charge in [-0.25, -0.2) is 9.79 Å². The van der Waals surface area contributed by atoms with Gasteiger partial charge >= 0.3 is 5.97 Å². The Hall–Kier alpha value is -3.65. The van der Waals surface area contributed by atoms with Gasteiger partial charge in [0, 0.05) is 11.6 Å². The molecule has 1 aromatic heterocycles. The van der Waals surface area contributed by atoms with Crippen LogP contribution in [-0.2, 0) is 9.53 Å². The van der Waals surface area contributed by atoms with E-state index < -0.39 is 12.0 Å². The lowest BCUT2D eigenvalue weighted by Gasteiger charge is -2.26. The number of ether oxygens (including phenoxy) is 3. The SMILES string of the molecule is CCOC(=O)C1=C(C)N=c2s/c(=C/c3ccccc3)c(=O)n2C1c1ccc(OC)cc1OC. The van der Waals surface area contributed by atoms with Gasteiger partial charge in [-0.2, -0.15) is 0 Å². The molecule has 3 aromatic rings. The van der Waals surface area contributed by atoms with E-state index in [2.05, 4.69) is 4.99 Å². The highest BCUT2D eigenvalue weighted by Gasteiger charge is 2.35. The van der Waals surface area contributed by atoms with Crippen LogP contribution in [0.3, 0.4) is 0 Å². The second-order valence-electron chi connectivity index (χ2n) is 7.32. The minimum Gasteiger partial charge on any atom is -0.497 e. The molecule has 1 aliphatic heterocycles. The topological polar surface area (TPSA) is 79.1 Å². The fourth-order valence-electron chi connectivity index (χ4n) is 3.83. The average molecular weight is 465 g/mol. The van der Waals surface area contributed by atoms with E-state index in [1.165, 1.54) is 18.4 Å². The van der Waals surface area contributed by atoms with Gasteiger partial charge in [0.1, 0.15) is 17.5 Å². The molecule has 1 atom stereocenters. The van der Waals surface area contributed by atoms with Gasteiger partial charge in [0.25, 0.3) is 5.56 Å². The first-order valence-corrected chi connectivity index (χ1v) is 11.3. The standard InChI is InChI=1S/C25H24N2O5S/c1-5-32-24(29)21-15(2)26-25-27(22(21)18-12-11-17(30-3)14-19(18)31-4)23(28)20(33-25)13-16-9-7-6-8-10-16/h6-14,22H,5H2,1-4H3/b20-13+. The molecule has 0 radical (unpaired) electrons. The Morgan fingerprint density at radius 3 is 2.58 bits per heavy atom. The van der Waals surface area contributed by atoms with Gasteiger partial charge in [-0.3, -0.25) is 9.36 Å². The van der Waals surface area contributed by atoms with Crippen LogP contribution in [0.5, 0.6) is 11.5 Å². The molecule has 0 bridgehead atoms. The number of hydrogen-bond donors (Lipinski definition) is 0. The largest absolute Gasteiger partial charge is 0.497 e. The lowest BCUT2D eigenvalue weighted by molar-refractivity contribution is -0.139. The van der Waals surface area contributed by atoms with E-state index >= 15 is 0 Å². The number of carbonyl (C=O) groups is 1. The first-order chi connectivity index (χ1) is 16.0. The van der Waals surface area contributed by atoms with Gasteiger partial charge in [-0.1, -0.05) is 41.7 Å². The molecular formula is C25H24N2O5S. The van der Waals surface area contributed by atoms with Crippen LogP contribution < -0.4 is 24.4 Å². The monoisotopic (exact) mass is 464 g/mol. The van der Waals surface area contributed by atoms with Crippen LogP contribution in [-0.4, -0.2) is 31.4 Å². The molecule has 0 spiro atoms. The number of carbonyl (C=O) groups excluding carboxylic acids is 1. The summed E-state index contributed by atoms with van der Waals surface area (Å²) in [5.41, 5.74) is 2.12. The molecule has 0 aliphatic carbocycles. The highest BCUT2D eigenvalue weighted by molar-refractivity contribution is 7.07. The molecule has 8 heteroatoms. The van der Waals surface area contributed by atoms with E-state index in [1.807, 2.05) is 36.4 Å².